The molecule has 1 aromatic heterocycles. The highest BCUT2D eigenvalue weighted by molar-refractivity contribution is 5.77. The maximum absolute atomic E-state index is 11.4. The number of nitrogens with two attached hydrogens (primary N) is 1. The maximum Gasteiger partial charge on any atom is 0.223 e. The standard InChI is InChI=1S/C15H22N4O2/c1-2-3-14-18-12-5-4-11(10-13(12)19-14)21-9-6-15(20)17-8-7-16/h4-5,10H,2-3,6-9,16H2,1H3,(H,17,20)(H,18,19). The predicted octanol–water partition coefficient (Wildman–Crippen LogP) is 1.36. The summed E-state index contributed by atoms with van der Waals surface area (Å²) in [5.74, 6) is 1.68. The average Bonchev–Trinajstić information content (AvgIpc) is 2.87. The van der Waals surface area contributed by atoms with Crippen LogP contribution in [0, 0.1) is 0 Å². The van der Waals surface area contributed by atoms with Gasteiger partial charge in [-0.05, 0) is 18.6 Å². The van der Waals surface area contributed by atoms with Crippen molar-refractivity contribution in [2.24, 2.45) is 5.73 Å². The van der Waals surface area contributed by atoms with E-state index in [0.29, 0.717) is 26.1 Å². The number of ether oxygens (including phenoxy) is 1. The van der Waals surface area contributed by atoms with Crippen molar-refractivity contribution in [2.75, 3.05) is 19.7 Å². The van der Waals surface area contributed by atoms with Gasteiger partial charge in [0.25, 0.3) is 0 Å². The van der Waals surface area contributed by atoms with Crippen LogP contribution in [0.5, 0.6) is 5.75 Å². The Balaban J connectivity index is 1.88. The van der Waals surface area contributed by atoms with E-state index in [1.54, 1.807) is 0 Å². The number of hydrogen-bond acceptors (Lipinski definition) is 4. The summed E-state index contributed by atoms with van der Waals surface area (Å²) in [4.78, 5) is 19.2. The number of nitrogens with one attached hydrogen (secondary N) is 2. The Bertz CT molecular complexity index is 594. The van der Waals surface area contributed by atoms with Crippen molar-refractivity contribution < 1.29 is 9.53 Å². The molecule has 2 rings (SSSR count). The first-order valence-electron chi connectivity index (χ1n) is 7.31. The molecule has 0 fully saturated rings. The van der Waals surface area contributed by atoms with Crippen LogP contribution in [0.1, 0.15) is 25.6 Å². The minimum absolute atomic E-state index is 0.0479. The lowest BCUT2D eigenvalue weighted by Crippen LogP contribution is -2.29. The zero-order valence-electron chi connectivity index (χ0n) is 12.3. The van der Waals surface area contributed by atoms with Gasteiger partial charge in [0.05, 0.1) is 24.1 Å². The Labute approximate surface area is 124 Å². The van der Waals surface area contributed by atoms with Gasteiger partial charge in [0, 0.05) is 25.6 Å². The Morgan fingerprint density at radius 2 is 2.33 bits per heavy atom. The summed E-state index contributed by atoms with van der Waals surface area (Å²) in [5, 5.41) is 2.71. The molecular formula is C15H22N4O2. The summed E-state index contributed by atoms with van der Waals surface area (Å²) < 4.78 is 5.59. The van der Waals surface area contributed by atoms with Gasteiger partial charge in [-0.2, -0.15) is 0 Å². The number of aromatic amines is 1. The van der Waals surface area contributed by atoms with Gasteiger partial charge in [-0.3, -0.25) is 4.79 Å². The minimum atomic E-state index is -0.0479. The largest absolute Gasteiger partial charge is 0.493 e. The number of fused-ring (bicyclic) bond motifs is 1. The first-order chi connectivity index (χ1) is 10.2. The van der Waals surface area contributed by atoms with E-state index in [1.807, 2.05) is 18.2 Å². The van der Waals surface area contributed by atoms with Crippen molar-refractivity contribution >= 4 is 16.9 Å². The number of aromatic nitrogens is 2. The molecule has 4 N–H and O–H groups in total. The topological polar surface area (TPSA) is 93.0 Å². The second kappa shape index (κ2) is 7.64. The number of carbonyl (C=O) groups is 1. The minimum Gasteiger partial charge on any atom is -0.493 e. The second-order valence-corrected chi connectivity index (χ2v) is 4.85. The fourth-order valence-electron chi connectivity index (χ4n) is 2.05. The summed E-state index contributed by atoms with van der Waals surface area (Å²) in [5.41, 5.74) is 7.22. The second-order valence-electron chi connectivity index (χ2n) is 4.85. The lowest BCUT2D eigenvalue weighted by molar-refractivity contribution is -0.121. The number of benzene rings is 1. The van der Waals surface area contributed by atoms with E-state index >= 15 is 0 Å². The molecule has 6 heteroatoms. The number of nitrogens with zero attached hydrogens (tertiary/aromatic N) is 1. The fraction of sp³-hybridized carbons (Fsp3) is 0.467. The molecule has 114 valence electrons. The van der Waals surface area contributed by atoms with E-state index in [9.17, 15) is 4.79 Å². The molecular weight excluding hydrogens is 268 g/mol. The molecule has 0 radical (unpaired) electrons. The molecule has 0 aliphatic heterocycles. The highest BCUT2D eigenvalue weighted by Gasteiger charge is 2.05. The summed E-state index contributed by atoms with van der Waals surface area (Å²) in [6.07, 6.45) is 2.31. The van der Waals surface area contributed by atoms with Crippen LogP contribution in [-0.2, 0) is 11.2 Å². The first kappa shape index (κ1) is 15.3. The van der Waals surface area contributed by atoms with Crippen molar-refractivity contribution in [1.29, 1.82) is 0 Å². The first-order valence-corrected chi connectivity index (χ1v) is 7.31. The third kappa shape index (κ3) is 4.46. The van der Waals surface area contributed by atoms with Crippen LogP contribution in [0.4, 0.5) is 0 Å². The molecule has 0 spiro atoms. The van der Waals surface area contributed by atoms with Crippen LogP contribution < -0.4 is 15.8 Å². The van der Waals surface area contributed by atoms with Crippen LogP contribution in [0.25, 0.3) is 11.0 Å². The summed E-state index contributed by atoms with van der Waals surface area (Å²) in [6, 6.07) is 5.71. The zero-order chi connectivity index (χ0) is 15.1. The zero-order valence-corrected chi connectivity index (χ0v) is 12.3. The van der Waals surface area contributed by atoms with E-state index in [-0.39, 0.29) is 5.91 Å². The lowest BCUT2D eigenvalue weighted by Gasteiger charge is -2.06. The van der Waals surface area contributed by atoms with E-state index < -0.39 is 0 Å². The van der Waals surface area contributed by atoms with E-state index in [1.165, 1.54) is 0 Å². The smallest absolute Gasteiger partial charge is 0.223 e. The van der Waals surface area contributed by atoms with E-state index in [2.05, 4.69) is 22.2 Å². The molecule has 21 heavy (non-hydrogen) atoms. The third-order valence-electron chi connectivity index (χ3n) is 3.05. The summed E-state index contributed by atoms with van der Waals surface area (Å²) >= 11 is 0. The monoisotopic (exact) mass is 290 g/mol. The van der Waals surface area contributed by atoms with Gasteiger partial charge in [0.1, 0.15) is 11.6 Å². The molecule has 0 aliphatic carbocycles. The van der Waals surface area contributed by atoms with Gasteiger partial charge >= 0.3 is 0 Å². The predicted molar refractivity (Wildman–Crippen MR) is 82.3 cm³/mol. The van der Waals surface area contributed by atoms with Crippen LogP contribution in [0.15, 0.2) is 18.2 Å². The molecule has 1 amide bonds. The molecule has 0 saturated carbocycles. The van der Waals surface area contributed by atoms with Gasteiger partial charge in [-0.25, -0.2) is 4.98 Å². The molecule has 0 aliphatic rings. The van der Waals surface area contributed by atoms with Crippen LogP contribution >= 0.6 is 0 Å². The number of amides is 1. The highest BCUT2D eigenvalue weighted by Crippen LogP contribution is 2.19. The van der Waals surface area contributed by atoms with Crippen LogP contribution in [0.2, 0.25) is 0 Å². The maximum atomic E-state index is 11.4. The molecule has 0 atom stereocenters. The SMILES string of the molecule is CCCc1nc2ccc(OCCC(=O)NCCN)cc2[nH]1. The number of H-pyrrole nitrogens is 1. The average molecular weight is 290 g/mol. The molecule has 6 nitrogen and oxygen atoms in total. The number of carbonyl (C=O) groups excluding carboxylic acids is 1. The molecule has 2 aromatic rings. The van der Waals surface area contributed by atoms with Gasteiger partial charge in [-0.15, -0.1) is 0 Å². The summed E-state index contributed by atoms with van der Waals surface area (Å²) in [6.45, 7) is 3.41. The number of aryl methyl sites for hydroxylation is 1. The quantitative estimate of drug-likeness (QED) is 0.684. The Morgan fingerprint density at radius 3 is 3.10 bits per heavy atom. The fourth-order valence-corrected chi connectivity index (χ4v) is 2.05. The van der Waals surface area contributed by atoms with Crippen molar-refractivity contribution in [2.45, 2.75) is 26.2 Å². The molecule has 0 unspecified atom stereocenters. The van der Waals surface area contributed by atoms with Crippen molar-refractivity contribution in [3.8, 4) is 5.75 Å². The van der Waals surface area contributed by atoms with E-state index in [0.717, 1.165) is 35.4 Å². The van der Waals surface area contributed by atoms with Gasteiger partial charge in [-0.1, -0.05) is 6.92 Å². The Kier molecular flexibility index (Phi) is 5.57. The molecule has 1 aromatic carbocycles. The van der Waals surface area contributed by atoms with E-state index in [4.69, 9.17) is 10.5 Å². The Morgan fingerprint density at radius 1 is 1.48 bits per heavy atom. The van der Waals surface area contributed by atoms with Gasteiger partial charge < -0.3 is 20.8 Å². The van der Waals surface area contributed by atoms with Crippen molar-refractivity contribution in [3.63, 3.8) is 0 Å². The van der Waals surface area contributed by atoms with Crippen LogP contribution in [-0.4, -0.2) is 35.6 Å². The number of hydrogen-bond donors (Lipinski definition) is 3. The normalized spacial score (nSPS) is 10.8. The van der Waals surface area contributed by atoms with Crippen molar-refractivity contribution in [3.05, 3.63) is 24.0 Å². The van der Waals surface area contributed by atoms with Crippen molar-refractivity contribution in [1.82, 2.24) is 15.3 Å². The highest BCUT2D eigenvalue weighted by atomic mass is 16.5. The van der Waals surface area contributed by atoms with Gasteiger partial charge in [0.15, 0.2) is 0 Å². The number of rotatable bonds is 8. The molecule has 0 saturated heterocycles. The number of imidazole rings is 1. The van der Waals surface area contributed by atoms with Crippen LogP contribution in [0.3, 0.4) is 0 Å². The summed E-state index contributed by atoms with van der Waals surface area (Å²) in [7, 11) is 0. The lowest BCUT2D eigenvalue weighted by atomic mass is 10.3. The Hall–Kier alpha value is -2.08. The molecule has 0 bridgehead atoms. The molecule has 1 heterocycles. The third-order valence-corrected chi connectivity index (χ3v) is 3.05. The van der Waals surface area contributed by atoms with Gasteiger partial charge in [0.2, 0.25) is 5.91 Å².